The zero-order valence-electron chi connectivity index (χ0n) is 18.9. The number of benzene rings is 2. The second-order valence-corrected chi connectivity index (χ2v) is 8.30. The normalized spacial score (nSPS) is 16.1. The number of esters is 1. The Hall–Kier alpha value is -3.42. The molecule has 4 rings (SSSR count). The molecule has 1 saturated heterocycles. The van der Waals surface area contributed by atoms with Crippen molar-refractivity contribution in [3.05, 3.63) is 59.5 Å². The fourth-order valence-electron chi connectivity index (χ4n) is 4.21. The van der Waals surface area contributed by atoms with Gasteiger partial charge in [-0.15, -0.1) is 0 Å². The van der Waals surface area contributed by atoms with Gasteiger partial charge in [0.1, 0.15) is 5.82 Å². The van der Waals surface area contributed by atoms with Crippen LogP contribution in [0, 0.1) is 5.82 Å². The standard InChI is InChI=1S/C25H28FN3O4/c1-3-4-12-33-25(31)28-11-5-6-18(15-28)17-7-9-20(10-8-17)29-16-22-21(24(30)32-2)13-19(26)14-23(22)27-29/h7-10,13-14,16,18H,3-6,11-12,15H2,1-2H3. The number of halogens is 1. The van der Waals surface area contributed by atoms with Gasteiger partial charge in [-0.05, 0) is 43.0 Å². The molecule has 33 heavy (non-hydrogen) atoms. The molecule has 3 aromatic rings. The van der Waals surface area contributed by atoms with Gasteiger partial charge in [0.15, 0.2) is 0 Å². The summed E-state index contributed by atoms with van der Waals surface area (Å²) in [6, 6.07) is 10.4. The topological polar surface area (TPSA) is 73.7 Å². The van der Waals surface area contributed by atoms with Crippen LogP contribution in [0.4, 0.5) is 9.18 Å². The molecule has 1 fully saturated rings. The Morgan fingerprint density at radius 1 is 1.21 bits per heavy atom. The van der Waals surface area contributed by atoms with Crippen LogP contribution in [0.5, 0.6) is 0 Å². The number of carbonyl (C=O) groups excluding carboxylic acids is 2. The smallest absolute Gasteiger partial charge is 0.409 e. The second kappa shape index (κ2) is 10.0. The van der Waals surface area contributed by atoms with Gasteiger partial charge < -0.3 is 14.4 Å². The van der Waals surface area contributed by atoms with E-state index in [9.17, 15) is 14.0 Å². The van der Waals surface area contributed by atoms with Gasteiger partial charge in [0.05, 0.1) is 30.5 Å². The summed E-state index contributed by atoms with van der Waals surface area (Å²) < 4.78 is 25.7. The van der Waals surface area contributed by atoms with Crippen molar-refractivity contribution in [2.24, 2.45) is 0 Å². The third-order valence-corrected chi connectivity index (χ3v) is 6.03. The van der Waals surface area contributed by atoms with Crippen LogP contribution in [0.15, 0.2) is 42.6 Å². The van der Waals surface area contributed by atoms with Crippen molar-refractivity contribution in [2.45, 2.75) is 38.5 Å². The highest BCUT2D eigenvalue weighted by atomic mass is 19.1. The van der Waals surface area contributed by atoms with Gasteiger partial charge in [-0.25, -0.2) is 18.7 Å². The molecule has 0 spiro atoms. The van der Waals surface area contributed by atoms with Crippen molar-refractivity contribution in [3.8, 4) is 5.69 Å². The number of likely N-dealkylation sites (tertiary alicyclic amines) is 1. The van der Waals surface area contributed by atoms with Crippen molar-refractivity contribution in [2.75, 3.05) is 26.8 Å². The zero-order valence-corrected chi connectivity index (χ0v) is 18.9. The molecule has 1 aliphatic rings. The molecule has 1 atom stereocenters. The summed E-state index contributed by atoms with van der Waals surface area (Å²) in [4.78, 5) is 26.2. The third-order valence-electron chi connectivity index (χ3n) is 6.03. The van der Waals surface area contributed by atoms with E-state index in [0.717, 1.165) is 49.5 Å². The summed E-state index contributed by atoms with van der Waals surface area (Å²) in [7, 11) is 1.26. The van der Waals surface area contributed by atoms with Gasteiger partial charge >= 0.3 is 12.1 Å². The molecular weight excluding hydrogens is 425 g/mol. The van der Waals surface area contributed by atoms with E-state index in [4.69, 9.17) is 9.47 Å². The maximum Gasteiger partial charge on any atom is 0.409 e. The first-order chi connectivity index (χ1) is 16.0. The highest BCUT2D eigenvalue weighted by molar-refractivity contribution is 6.03. The first kappa shape index (κ1) is 22.8. The average Bonchev–Trinajstić information content (AvgIpc) is 3.27. The SMILES string of the molecule is CCCCOC(=O)N1CCCC(c2ccc(-n3cc4c(C(=O)OC)cc(F)cc4n3)cc2)C1. The highest BCUT2D eigenvalue weighted by Gasteiger charge is 2.25. The molecule has 0 radical (unpaired) electrons. The lowest BCUT2D eigenvalue weighted by Crippen LogP contribution is -2.39. The van der Waals surface area contributed by atoms with E-state index in [-0.39, 0.29) is 17.6 Å². The Balaban J connectivity index is 1.51. The van der Waals surface area contributed by atoms with Crippen molar-refractivity contribution in [1.82, 2.24) is 14.7 Å². The quantitative estimate of drug-likeness (QED) is 0.385. The molecule has 7 nitrogen and oxygen atoms in total. The van der Waals surface area contributed by atoms with Crippen LogP contribution >= 0.6 is 0 Å². The van der Waals surface area contributed by atoms with E-state index in [1.54, 1.807) is 15.8 Å². The lowest BCUT2D eigenvalue weighted by atomic mass is 9.91. The van der Waals surface area contributed by atoms with E-state index in [2.05, 4.69) is 12.0 Å². The number of piperidine rings is 1. The summed E-state index contributed by atoms with van der Waals surface area (Å²) in [6.07, 6.45) is 5.27. The van der Waals surface area contributed by atoms with E-state index in [1.807, 2.05) is 24.3 Å². The molecule has 0 bridgehead atoms. The van der Waals surface area contributed by atoms with Crippen molar-refractivity contribution < 1.29 is 23.5 Å². The van der Waals surface area contributed by atoms with Gasteiger partial charge in [-0.3, -0.25) is 0 Å². The molecule has 0 aliphatic carbocycles. The zero-order chi connectivity index (χ0) is 23.4. The van der Waals surface area contributed by atoms with Crippen LogP contribution in [0.2, 0.25) is 0 Å². The number of hydrogen-bond acceptors (Lipinski definition) is 5. The number of amides is 1. The maximum absolute atomic E-state index is 13.9. The third kappa shape index (κ3) is 4.99. The van der Waals surface area contributed by atoms with Crippen molar-refractivity contribution in [1.29, 1.82) is 0 Å². The number of hydrogen-bond donors (Lipinski definition) is 0. The minimum absolute atomic E-state index is 0.142. The van der Waals surface area contributed by atoms with Crippen LogP contribution in [0.1, 0.15) is 54.4 Å². The fourth-order valence-corrected chi connectivity index (χ4v) is 4.21. The van der Waals surface area contributed by atoms with E-state index in [0.29, 0.717) is 24.1 Å². The molecule has 8 heteroatoms. The van der Waals surface area contributed by atoms with E-state index >= 15 is 0 Å². The Morgan fingerprint density at radius 3 is 2.73 bits per heavy atom. The lowest BCUT2D eigenvalue weighted by Gasteiger charge is -2.32. The van der Waals surface area contributed by atoms with Gasteiger partial charge in [-0.2, -0.15) is 5.10 Å². The van der Waals surface area contributed by atoms with Gasteiger partial charge in [0, 0.05) is 36.7 Å². The molecule has 1 aromatic heterocycles. The first-order valence-electron chi connectivity index (χ1n) is 11.3. The number of methoxy groups -OCH3 is 1. The van der Waals surface area contributed by atoms with E-state index in [1.165, 1.54) is 13.2 Å². The molecule has 0 N–H and O–H groups in total. The number of nitrogens with zero attached hydrogens (tertiary/aromatic N) is 3. The van der Waals surface area contributed by atoms with Gasteiger partial charge in [0.2, 0.25) is 0 Å². The highest BCUT2D eigenvalue weighted by Crippen LogP contribution is 2.29. The number of carbonyl (C=O) groups is 2. The molecule has 2 heterocycles. The summed E-state index contributed by atoms with van der Waals surface area (Å²) >= 11 is 0. The van der Waals surface area contributed by atoms with Crippen molar-refractivity contribution >= 4 is 23.0 Å². The molecule has 2 aromatic carbocycles. The molecule has 1 aliphatic heterocycles. The summed E-state index contributed by atoms with van der Waals surface area (Å²) in [5.74, 6) is -0.911. The predicted molar refractivity (Wildman–Crippen MR) is 122 cm³/mol. The minimum Gasteiger partial charge on any atom is -0.465 e. The van der Waals surface area contributed by atoms with Crippen LogP contribution in [-0.2, 0) is 9.47 Å². The minimum atomic E-state index is -0.607. The summed E-state index contributed by atoms with van der Waals surface area (Å²) in [5, 5.41) is 4.96. The Kier molecular flexibility index (Phi) is 6.91. The first-order valence-corrected chi connectivity index (χ1v) is 11.3. The number of fused-ring (bicyclic) bond motifs is 1. The largest absolute Gasteiger partial charge is 0.465 e. The van der Waals surface area contributed by atoms with E-state index < -0.39 is 11.8 Å². The Labute approximate surface area is 192 Å². The summed E-state index contributed by atoms with van der Waals surface area (Å²) in [5.41, 5.74) is 2.45. The monoisotopic (exact) mass is 453 g/mol. The second-order valence-electron chi connectivity index (χ2n) is 8.30. The number of rotatable bonds is 6. The number of unbranched alkanes of at least 4 members (excludes halogenated alkanes) is 1. The lowest BCUT2D eigenvalue weighted by molar-refractivity contribution is 0.0602. The van der Waals surface area contributed by atoms with Gasteiger partial charge in [0.25, 0.3) is 0 Å². The maximum atomic E-state index is 13.9. The fraction of sp³-hybridized carbons (Fsp3) is 0.400. The molecule has 174 valence electrons. The molecular formula is C25H28FN3O4. The predicted octanol–water partition coefficient (Wildman–Crippen LogP) is 5.07. The summed E-state index contributed by atoms with van der Waals surface area (Å²) in [6.45, 7) is 3.89. The number of aromatic nitrogens is 2. The average molecular weight is 454 g/mol. The van der Waals surface area contributed by atoms with Crippen LogP contribution in [0.25, 0.3) is 16.6 Å². The number of ether oxygens (including phenoxy) is 2. The van der Waals surface area contributed by atoms with Crippen LogP contribution in [0.3, 0.4) is 0 Å². The van der Waals surface area contributed by atoms with Gasteiger partial charge in [-0.1, -0.05) is 25.5 Å². The molecule has 0 saturated carbocycles. The Morgan fingerprint density at radius 2 is 2.00 bits per heavy atom. The Bertz CT molecular complexity index is 1140. The molecule has 1 unspecified atom stereocenters. The van der Waals surface area contributed by atoms with Crippen LogP contribution in [-0.4, -0.2) is 53.5 Å². The molecule has 1 amide bonds. The van der Waals surface area contributed by atoms with Crippen LogP contribution < -0.4 is 0 Å². The van der Waals surface area contributed by atoms with Crippen molar-refractivity contribution in [3.63, 3.8) is 0 Å².